The Hall–Kier alpha value is -3.67. The fourth-order valence-electron chi connectivity index (χ4n) is 5.01. The number of ether oxygens (including phenoxy) is 1. The van der Waals surface area contributed by atoms with Gasteiger partial charge in [-0.1, -0.05) is 55.0 Å². The Labute approximate surface area is 217 Å². The van der Waals surface area contributed by atoms with Crippen molar-refractivity contribution in [1.29, 1.82) is 0 Å². The van der Waals surface area contributed by atoms with Gasteiger partial charge in [0, 0.05) is 19.0 Å². The number of carbonyl (C=O) groups excluding carboxylic acids is 2. The molecule has 0 spiro atoms. The molecule has 3 aromatic carbocycles. The average molecular weight is 501 g/mol. The molecule has 1 fully saturated rings. The number of hydrogen-bond donors (Lipinski definition) is 1. The van der Waals surface area contributed by atoms with Gasteiger partial charge in [0.05, 0.1) is 6.04 Å². The van der Waals surface area contributed by atoms with E-state index in [0.29, 0.717) is 24.3 Å². The topological polar surface area (TPSA) is 58.6 Å². The Kier molecular flexibility index (Phi) is 7.26. The number of fused-ring (bicyclic) bond motifs is 1. The molecule has 192 valence electrons. The van der Waals surface area contributed by atoms with E-state index in [9.17, 15) is 14.0 Å². The fraction of sp³-hybridized carbons (Fsp3) is 0.355. The highest BCUT2D eigenvalue weighted by atomic mass is 19.1. The number of carbonyl (C=O) groups is 2. The van der Waals surface area contributed by atoms with E-state index in [1.54, 1.807) is 12.1 Å². The van der Waals surface area contributed by atoms with Gasteiger partial charge in [0.2, 0.25) is 5.91 Å². The van der Waals surface area contributed by atoms with E-state index in [1.807, 2.05) is 24.0 Å². The third kappa shape index (κ3) is 5.68. The molecule has 2 amide bonds. The van der Waals surface area contributed by atoms with Crippen molar-refractivity contribution < 1.29 is 18.7 Å². The maximum atomic E-state index is 13.5. The van der Waals surface area contributed by atoms with Crippen LogP contribution in [-0.2, 0) is 22.6 Å². The summed E-state index contributed by atoms with van der Waals surface area (Å²) in [7, 11) is 0. The lowest BCUT2D eigenvalue weighted by Crippen LogP contribution is -2.41. The molecule has 0 bridgehead atoms. The average Bonchev–Trinajstić information content (AvgIpc) is 3.75. The van der Waals surface area contributed by atoms with E-state index < -0.39 is 6.10 Å². The van der Waals surface area contributed by atoms with Gasteiger partial charge in [0.1, 0.15) is 11.6 Å². The molecule has 0 radical (unpaired) electrons. The van der Waals surface area contributed by atoms with Gasteiger partial charge in [-0.05, 0) is 79.1 Å². The van der Waals surface area contributed by atoms with Crippen LogP contribution in [0.4, 0.5) is 4.39 Å². The molecule has 1 aliphatic carbocycles. The van der Waals surface area contributed by atoms with Crippen LogP contribution >= 0.6 is 0 Å². The minimum Gasteiger partial charge on any atom is -0.481 e. The lowest BCUT2D eigenvalue weighted by molar-refractivity contribution is -0.134. The molecule has 1 heterocycles. The van der Waals surface area contributed by atoms with Crippen molar-refractivity contribution in [2.75, 3.05) is 6.54 Å². The van der Waals surface area contributed by atoms with Crippen LogP contribution in [0.5, 0.6) is 5.75 Å². The van der Waals surface area contributed by atoms with E-state index in [0.717, 1.165) is 30.4 Å². The number of rotatable bonds is 8. The molecule has 0 aromatic heterocycles. The summed E-state index contributed by atoms with van der Waals surface area (Å²) in [6.07, 6.45) is 2.53. The molecule has 5 nitrogen and oxygen atoms in total. The largest absolute Gasteiger partial charge is 0.481 e. The second-order valence-corrected chi connectivity index (χ2v) is 10.1. The van der Waals surface area contributed by atoms with Gasteiger partial charge in [-0.25, -0.2) is 4.39 Å². The molecule has 37 heavy (non-hydrogen) atoms. The van der Waals surface area contributed by atoms with E-state index in [2.05, 4.69) is 42.6 Å². The minimum absolute atomic E-state index is 0.139. The summed E-state index contributed by atoms with van der Waals surface area (Å²) >= 11 is 0. The molecule has 3 aromatic rings. The summed E-state index contributed by atoms with van der Waals surface area (Å²) in [4.78, 5) is 28.2. The Morgan fingerprint density at radius 3 is 2.57 bits per heavy atom. The molecule has 0 unspecified atom stereocenters. The normalized spacial score (nSPS) is 17.6. The first-order chi connectivity index (χ1) is 17.9. The van der Waals surface area contributed by atoms with Gasteiger partial charge in [-0.15, -0.1) is 0 Å². The highest BCUT2D eigenvalue weighted by Crippen LogP contribution is 2.41. The summed E-state index contributed by atoms with van der Waals surface area (Å²) in [5.41, 5.74) is 5.20. The summed E-state index contributed by atoms with van der Waals surface area (Å²) in [5, 5.41) is 2.86. The van der Waals surface area contributed by atoms with Crippen LogP contribution in [0.3, 0.4) is 0 Å². The summed E-state index contributed by atoms with van der Waals surface area (Å²) in [6.45, 7) is 4.88. The Balaban J connectivity index is 1.37. The number of nitrogens with one attached hydrogen (secondary N) is 1. The molecule has 2 aliphatic rings. The SMILES string of the molecule is CC[C@H](Oc1ccc2c(c1)[C@@H](c1ccc(C)cc1)N(C(=O)C1CC1)CC2)C(=O)NCc1cccc(F)c1. The van der Waals surface area contributed by atoms with Crippen LogP contribution in [0, 0.1) is 18.7 Å². The molecular formula is C31H33FN2O3. The number of aryl methyl sites for hydroxylation is 1. The maximum Gasteiger partial charge on any atom is 0.261 e. The van der Waals surface area contributed by atoms with Crippen LogP contribution in [-0.4, -0.2) is 29.4 Å². The van der Waals surface area contributed by atoms with Crippen LogP contribution < -0.4 is 10.1 Å². The second-order valence-electron chi connectivity index (χ2n) is 10.1. The number of hydrogen-bond acceptors (Lipinski definition) is 3. The smallest absolute Gasteiger partial charge is 0.261 e. The summed E-state index contributed by atoms with van der Waals surface area (Å²) in [6, 6.07) is 20.3. The van der Waals surface area contributed by atoms with E-state index in [1.165, 1.54) is 23.3 Å². The third-order valence-electron chi connectivity index (χ3n) is 7.25. The fourth-order valence-corrected chi connectivity index (χ4v) is 5.01. The van der Waals surface area contributed by atoms with Gasteiger partial charge in [-0.3, -0.25) is 9.59 Å². The Morgan fingerprint density at radius 1 is 1.08 bits per heavy atom. The molecular weight excluding hydrogens is 467 g/mol. The zero-order chi connectivity index (χ0) is 25.9. The van der Waals surface area contributed by atoms with Crippen molar-refractivity contribution in [1.82, 2.24) is 10.2 Å². The summed E-state index contributed by atoms with van der Waals surface area (Å²) < 4.78 is 19.7. The molecule has 0 saturated heterocycles. The summed E-state index contributed by atoms with van der Waals surface area (Å²) in [5.74, 6) is 0.391. The molecule has 1 saturated carbocycles. The Bertz CT molecular complexity index is 1290. The number of benzene rings is 3. The predicted octanol–water partition coefficient (Wildman–Crippen LogP) is 5.49. The standard InChI is InChI=1S/C31H33FN2O3/c1-3-28(30(35)33-19-21-5-4-6-25(32)17-21)37-26-14-13-22-15-16-34(31(36)24-11-12-24)29(27(22)18-26)23-9-7-20(2)8-10-23/h4-10,13-14,17-18,24,28-29H,3,11-12,15-16,19H2,1-2H3,(H,33,35)/t28-,29+/m0/s1. The first-order valence-corrected chi connectivity index (χ1v) is 13.1. The molecule has 1 aliphatic heterocycles. The van der Waals surface area contributed by atoms with Gasteiger partial charge >= 0.3 is 0 Å². The molecule has 5 rings (SSSR count). The first-order valence-electron chi connectivity index (χ1n) is 13.1. The van der Waals surface area contributed by atoms with Crippen LogP contribution in [0.15, 0.2) is 66.7 Å². The number of nitrogens with zero attached hydrogens (tertiary/aromatic N) is 1. The number of amides is 2. The van der Waals surface area contributed by atoms with E-state index >= 15 is 0 Å². The van der Waals surface area contributed by atoms with E-state index in [4.69, 9.17) is 4.74 Å². The highest BCUT2D eigenvalue weighted by molar-refractivity contribution is 5.82. The van der Waals surface area contributed by atoms with Crippen molar-refractivity contribution in [2.24, 2.45) is 5.92 Å². The van der Waals surface area contributed by atoms with Crippen molar-refractivity contribution in [3.05, 3.63) is 100 Å². The monoisotopic (exact) mass is 500 g/mol. The van der Waals surface area contributed by atoms with Crippen LogP contribution in [0.2, 0.25) is 0 Å². The highest BCUT2D eigenvalue weighted by Gasteiger charge is 2.39. The van der Waals surface area contributed by atoms with Crippen molar-refractivity contribution in [3.8, 4) is 5.75 Å². The first kappa shape index (κ1) is 25.0. The molecule has 2 atom stereocenters. The second kappa shape index (κ2) is 10.8. The maximum absolute atomic E-state index is 13.5. The van der Waals surface area contributed by atoms with Gasteiger partial charge in [-0.2, -0.15) is 0 Å². The lowest BCUT2D eigenvalue weighted by Gasteiger charge is -2.38. The quantitative estimate of drug-likeness (QED) is 0.445. The van der Waals surface area contributed by atoms with Crippen LogP contribution in [0.25, 0.3) is 0 Å². The zero-order valence-corrected chi connectivity index (χ0v) is 21.4. The minimum atomic E-state index is -0.683. The lowest BCUT2D eigenvalue weighted by atomic mass is 9.87. The Morgan fingerprint density at radius 2 is 1.86 bits per heavy atom. The van der Waals surface area contributed by atoms with Crippen LogP contribution in [0.1, 0.15) is 60.0 Å². The zero-order valence-electron chi connectivity index (χ0n) is 21.4. The predicted molar refractivity (Wildman–Crippen MR) is 141 cm³/mol. The van der Waals surface area contributed by atoms with Crippen molar-refractivity contribution >= 4 is 11.8 Å². The van der Waals surface area contributed by atoms with Gasteiger partial charge < -0.3 is 15.0 Å². The van der Waals surface area contributed by atoms with E-state index in [-0.39, 0.29) is 36.1 Å². The molecule has 6 heteroatoms. The molecule has 1 N–H and O–H groups in total. The number of halogens is 1. The van der Waals surface area contributed by atoms with Crippen molar-refractivity contribution in [2.45, 2.75) is 58.2 Å². The van der Waals surface area contributed by atoms with Gasteiger partial charge in [0.25, 0.3) is 5.91 Å². The van der Waals surface area contributed by atoms with Gasteiger partial charge in [0.15, 0.2) is 6.10 Å². The third-order valence-corrected chi connectivity index (χ3v) is 7.25. The van der Waals surface area contributed by atoms with Crippen molar-refractivity contribution in [3.63, 3.8) is 0 Å².